The van der Waals surface area contributed by atoms with Crippen molar-refractivity contribution in [3.63, 3.8) is 0 Å². The largest absolute Gasteiger partial charge is 0.478 e. The molecule has 2 aromatic carbocycles. The second-order valence-corrected chi connectivity index (χ2v) is 5.14. The lowest BCUT2D eigenvalue weighted by Crippen LogP contribution is -2.05. The highest BCUT2D eigenvalue weighted by molar-refractivity contribution is 6.05. The molecule has 3 aromatic rings. The SMILES string of the molecule is Cc1c(-c2ccccc2)nc2cc(CO)ccc2c1C(=O)O. The van der Waals surface area contributed by atoms with Crippen molar-refractivity contribution in [2.75, 3.05) is 0 Å². The predicted octanol–water partition coefficient (Wildman–Crippen LogP) is 3.40. The van der Waals surface area contributed by atoms with Gasteiger partial charge in [0.15, 0.2) is 0 Å². The fourth-order valence-electron chi connectivity index (χ4n) is 2.66. The molecule has 0 aliphatic carbocycles. The van der Waals surface area contributed by atoms with Crippen LogP contribution in [0.3, 0.4) is 0 Å². The molecule has 0 amide bonds. The number of carbonyl (C=O) groups is 1. The van der Waals surface area contributed by atoms with Crippen molar-refractivity contribution in [1.82, 2.24) is 4.98 Å². The van der Waals surface area contributed by atoms with Gasteiger partial charge in [-0.05, 0) is 24.1 Å². The van der Waals surface area contributed by atoms with E-state index in [2.05, 4.69) is 4.98 Å². The summed E-state index contributed by atoms with van der Waals surface area (Å²) in [5.74, 6) is -0.973. The summed E-state index contributed by atoms with van der Waals surface area (Å²) in [7, 11) is 0. The highest BCUT2D eigenvalue weighted by Gasteiger charge is 2.18. The fraction of sp³-hybridized carbons (Fsp3) is 0.111. The first kappa shape index (κ1) is 14.2. The fourth-order valence-corrected chi connectivity index (χ4v) is 2.66. The van der Waals surface area contributed by atoms with Gasteiger partial charge in [-0.3, -0.25) is 0 Å². The lowest BCUT2D eigenvalue weighted by molar-refractivity contribution is 0.0698. The van der Waals surface area contributed by atoms with E-state index in [9.17, 15) is 15.0 Å². The smallest absolute Gasteiger partial charge is 0.336 e. The predicted molar refractivity (Wildman–Crippen MR) is 84.8 cm³/mol. The van der Waals surface area contributed by atoms with E-state index in [-0.39, 0.29) is 12.2 Å². The van der Waals surface area contributed by atoms with Crippen LogP contribution in [0.15, 0.2) is 48.5 Å². The number of nitrogens with zero attached hydrogens (tertiary/aromatic N) is 1. The quantitative estimate of drug-likeness (QED) is 0.776. The monoisotopic (exact) mass is 293 g/mol. The van der Waals surface area contributed by atoms with Gasteiger partial charge in [0.25, 0.3) is 0 Å². The van der Waals surface area contributed by atoms with Gasteiger partial charge < -0.3 is 10.2 Å². The summed E-state index contributed by atoms with van der Waals surface area (Å²) >= 11 is 0. The molecule has 0 saturated carbocycles. The Bertz CT molecular complexity index is 857. The van der Waals surface area contributed by atoms with Gasteiger partial charge in [0.2, 0.25) is 0 Å². The van der Waals surface area contributed by atoms with E-state index in [1.165, 1.54) is 0 Å². The Morgan fingerprint density at radius 3 is 2.50 bits per heavy atom. The minimum absolute atomic E-state index is 0.103. The second-order valence-electron chi connectivity index (χ2n) is 5.14. The van der Waals surface area contributed by atoms with Crippen LogP contribution in [0.1, 0.15) is 21.5 Å². The summed E-state index contributed by atoms with van der Waals surface area (Å²) in [5, 5.41) is 19.4. The first-order valence-corrected chi connectivity index (χ1v) is 6.94. The zero-order valence-corrected chi connectivity index (χ0v) is 12.1. The summed E-state index contributed by atoms with van der Waals surface area (Å²) in [6.45, 7) is 1.67. The van der Waals surface area contributed by atoms with Crippen molar-refractivity contribution in [2.24, 2.45) is 0 Å². The van der Waals surface area contributed by atoms with Gasteiger partial charge in [0.1, 0.15) is 0 Å². The number of aliphatic hydroxyl groups excluding tert-OH is 1. The van der Waals surface area contributed by atoms with Gasteiger partial charge in [-0.2, -0.15) is 0 Å². The minimum Gasteiger partial charge on any atom is -0.478 e. The third-order valence-corrected chi connectivity index (χ3v) is 3.74. The first-order valence-electron chi connectivity index (χ1n) is 6.94. The van der Waals surface area contributed by atoms with Crippen LogP contribution in [-0.4, -0.2) is 21.2 Å². The van der Waals surface area contributed by atoms with Crippen molar-refractivity contribution < 1.29 is 15.0 Å². The van der Waals surface area contributed by atoms with Crippen molar-refractivity contribution in [2.45, 2.75) is 13.5 Å². The molecule has 0 unspecified atom stereocenters. The summed E-state index contributed by atoms with van der Waals surface area (Å²) in [6.07, 6.45) is 0. The molecule has 110 valence electrons. The number of aromatic nitrogens is 1. The lowest BCUT2D eigenvalue weighted by atomic mass is 9.97. The van der Waals surface area contributed by atoms with Gasteiger partial charge in [-0.15, -0.1) is 0 Å². The maximum atomic E-state index is 11.7. The molecule has 0 fully saturated rings. The Labute approximate surface area is 127 Å². The van der Waals surface area contributed by atoms with E-state index in [0.717, 1.165) is 5.56 Å². The Kier molecular flexibility index (Phi) is 3.61. The van der Waals surface area contributed by atoms with Gasteiger partial charge in [-0.25, -0.2) is 9.78 Å². The van der Waals surface area contributed by atoms with E-state index in [1.807, 2.05) is 30.3 Å². The van der Waals surface area contributed by atoms with Crippen LogP contribution >= 0.6 is 0 Å². The van der Waals surface area contributed by atoms with Crippen molar-refractivity contribution >= 4 is 16.9 Å². The number of rotatable bonds is 3. The minimum atomic E-state index is -0.973. The summed E-state index contributed by atoms with van der Waals surface area (Å²) in [4.78, 5) is 16.3. The molecule has 0 aliphatic heterocycles. The molecule has 0 atom stereocenters. The molecule has 22 heavy (non-hydrogen) atoms. The molecule has 1 aromatic heterocycles. The second kappa shape index (κ2) is 5.58. The van der Waals surface area contributed by atoms with E-state index in [0.29, 0.717) is 27.7 Å². The molecular weight excluding hydrogens is 278 g/mol. The van der Waals surface area contributed by atoms with E-state index >= 15 is 0 Å². The maximum Gasteiger partial charge on any atom is 0.336 e. The molecule has 0 bridgehead atoms. The van der Waals surface area contributed by atoms with Gasteiger partial charge in [0.05, 0.1) is 23.4 Å². The molecule has 0 aliphatic rings. The molecule has 0 spiro atoms. The number of aromatic carboxylic acids is 1. The van der Waals surface area contributed by atoms with Crippen LogP contribution in [0.2, 0.25) is 0 Å². The van der Waals surface area contributed by atoms with E-state index in [1.54, 1.807) is 25.1 Å². The third kappa shape index (κ3) is 2.34. The Hall–Kier alpha value is -2.72. The zero-order chi connectivity index (χ0) is 15.7. The summed E-state index contributed by atoms with van der Waals surface area (Å²) in [6, 6.07) is 14.7. The Morgan fingerprint density at radius 2 is 1.86 bits per heavy atom. The number of fused-ring (bicyclic) bond motifs is 1. The number of carboxylic acids is 1. The number of carboxylic acid groups (broad SMARTS) is 1. The first-order chi connectivity index (χ1) is 10.6. The van der Waals surface area contributed by atoms with Crippen LogP contribution < -0.4 is 0 Å². The zero-order valence-electron chi connectivity index (χ0n) is 12.1. The normalized spacial score (nSPS) is 10.8. The van der Waals surface area contributed by atoms with Crippen molar-refractivity contribution in [1.29, 1.82) is 0 Å². The molecule has 0 radical (unpaired) electrons. The lowest BCUT2D eigenvalue weighted by Gasteiger charge is -2.12. The van der Waals surface area contributed by atoms with Crippen LogP contribution in [0.25, 0.3) is 22.2 Å². The molecule has 3 rings (SSSR count). The van der Waals surface area contributed by atoms with E-state index < -0.39 is 5.97 Å². The summed E-state index contributed by atoms with van der Waals surface area (Å²) in [5.41, 5.74) is 3.71. The molecule has 4 heteroatoms. The summed E-state index contributed by atoms with van der Waals surface area (Å²) < 4.78 is 0. The van der Waals surface area contributed by atoms with Crippen LogP contribution in [0.5, 0.6) is 0 Å². The van der Waals surface area contributed by atoms with Crippen LogP contribution in [0, 0.1) is 6.92 Å². The molecule has 0 saturated heterocycles. The van der Waals surface area contributed by atoms with E-state index in [4.69, 9.17) is 0 Å². The van der Waals surface area contributed by atoms with Crippen molar-refractivity contribution in [3.05, 3.63) is 65.2 Å². The van der Waals surface area contributed by atoms with Gasteiger partial charge in [0, 0.05) is 10.9 Å². The average molecular weight is 293 g/mol. The topological polar surface area (TPSA) is 70.4 Å². The molecule has 1 heterocycles. The highest BCUT2D eigenvalue weighted by atomic mass is 16.4. The number of hydrogen-bond acceptors (Lipinski definition) is 3. The number of aliphatic hydroxyl groups is 1. The average Bonchev–Trinajstić information content (AvgIpc) is 2.54. The van der Waals surface area contributed by atoms with Crippen molar-refractivity contribution in [3.8, 4) is 11.3 Å². The molecular formula is C18H15NO3. The number of benzene rings is 2. The highest BCUT2D eigenvalue weighted by Crippen LogP contribution is 2.30. The number of pyridine rings is 1. The molecule has 4 nitrogen and oxygen atoms in total. The van der Waals surface area contributed by atoms with Crippen LogP contribution in [-0.2, 0) is 6.61 Å². The van der Waals surface area contributed by atoms with Crippen LogP contribution in [0.4, 0.5) is 0 Å². The Balaban J connectivity index is 2.38. The third-order valence-electron chi connectivity index (χ3n) is 3.74. The van der Waals surface area contributed by atoms with Gasteiger partial charge in [-0.1, -0.05) is 42.5 Å². The standard InChI is InChI=1S/C18H15NO3/c1-11-16(18(21)22)14-8-7-12(10-20)9-15(14)19-17(11)13-5-3-2-4-6-13/h2-9,20H,10H2,1H3,(H,21,22). The maximum absolute atomic E-state index is 11.7. The number of hydrogen-bond donors (Lipinski definition) is 2. The van der Waals surface area contributed by atoms with Gasteiger partial charge >= 0.3 is 5.97 Å². The Morgan fingerprint density at radius 1 is 1.14 bits per heavy atom. The molecule has 2 N–H and O–H groups in total.